The fraction of sp³-hybridized carbons (Fsp3) is 0.435. The third-order valence-electron chi connectivity index (χ3n) is 7.49. The van der Waals surface area contributed by atoms with Crippen LogP contribution in [0.15, 0.2) is 36.4 Å². The molecule has 5 nitrogen and oxygen atoms in total. The zero-order chi connectivity index (χ0) is 19.6. The van der Waals surface area contributed by atoms with Gasteiger partial charge in [-0.3, -0.25) is 0 Å². The fourth-order valence-corrected chi connectivity index (χ4v) is 7.03. The van der Waals surface area contributed by atoms with Gasteiger partial charge in [0.2, 0.25) is 5.82 Å². The summed E-state index contributed by atoms with van der Waals surface area (Å²) in [6.45, 7) is 0. The van der Waals surface area contributed by atoms with E-state index in [1.54, 1.807) is 0 Å². The second-order valence-electron chi connectivity index (χ2n) is 9.36. The highest BCUT2D eigenvalue weighted by Crippen LogP contribution is 2.62. The van der Waals surface area contributed by atoms with Gasteiger partial charge in [-0.15, -0.1) is 10.2 Å². The van der Waals surface area contributed by atoms with E-state index in [0.717, 1.165) is 40.0 Å². The third-order valence-corrected chi connectivity index (χ3v) is 7.80. The molecule has 0 atom stereocenters. The van der Waals surface area contributed by atoms with Crippen molar-refractivity contribution in [2.45, 2.75) is 43.9 Å². The smallest absolute Gasteiger partial charge is 0.204 e. The number of tetrazole rings is 1. The van der Waals surface area contributed by atoms with Crippen LogP contribution in [0.25, 0.3) is 22.5 Å². The van der Waals surface area contributed by atoms with E-state index < -0.39 is 0 Å². The number of aromatic hydroxyl groups is 1. The monoisotopic (exact) mass is 406 g/mol. The van der Waals surface area contributed by atoms with E-state index in [4.69, 9.17) is 11.6 Å². The van der Waals surface area contributed by atoms with Gasteiger partial charge in [-0.05, 0) is 90.7 Å². The Morgan fingerprint density at radius 1 is 0.931 bits per heavy atom. The molecule has 4 fully saturated rings. The van der Waals surface area contributed by atoms with E-state index in [2.05, 4.69) is 26.7 Å². The predicted octanol–water partition coefficient (Wildman–Crippen LogP) is 5.36. The summed E-state index contributed by atoms with van der Waals surface area (Å²) >= 11 is 6.64. The lowest BCUT2D eigenvalue weighted by molar-refractivity contribution is -0.00611. The lowest BCUT2D eigenvalue weighted by Gasteiger charge is -2.57. The number of H-pyrrole nitrogens is 1. The molecule has 4 bridgehead atoms. The Morgan fingerprint density at radius 3 is 2.24 bits per heavy atom. The van der Waals surface area contributed by atoms with Crippen molar-refractivity contribution in [1.29, 1.82) is 0 Å². The van der Waals surface area contributed by atoms with Crippen molar-refractivity contribution in [2.75, 3.05) is 0 Å². The normalized spacial score (nSPS) is 30.0. The quantitative estimate of drug-likeness (QED) is 0.613. The highest BCUT2D eigenvalue weighted by Gasteiger charge is 2.52. The number of aromatic nitrogens is 4. The van der Waals surface area contributed by atoms with Gasteiger partial charge in [0.15, 0.2) is 0 Å². The molecular formula is C23H23ClN4O. The Morgan fingerprint density at radius 2 is 1.62 bits per heavy atom. The minimum Gasteiger partial charge on any atom is -0.508 e. The number of hydrogen-bond donors (Lipinski definition) is 2. The number of benzene rings is 2. The average Bonchev–Trinajstić information content (AvgIpc) is 3.22. The molecule has 1 aromatic heterocycles. The van der Waals surface area contributed by atoms with Crippen LogP contribution < -0.4 is 0 Å². The molecule has 0 radical (unpaired) electrons. The van der Waals surface area contributed by atoms with Crippen LogP contribution >= 0.6 is 11.6 Å². The summed E-state index contributed by atoms with van der Waals surface area (Å²) in [6.07, 6.45) is 7.84. The lowest BCUT2D eigenvalue weighted by atomic mass is 9.48. The summed E-state index contributed by atoms with van der Waals surface area (Å²) in [5, 5.41) is 25.6. The van der Waals surface area contributed by atoms with Crippen LogP contribution in [0.1, 0.15) is 44.1 Å². The van der Waals surface area contributed by atoms with Gasteiger partial charge in [0.25, 0.3) is 0 Å². The first-order chi connectivity index (χ1) is 14.1. The number of nitrogens with one attached hydrogen (secondary N) is 1. The summed E-state index contributed by atoms with van der Waals surface area (Å²) in [6, 6.07) is 11.9. The number of halogens is 1. The first kappa shape index (κ1) is 17.5. The van der Waals surface area contributed by atoms with E-state index in [1.165, 1.54) is 38.5 Å². The second-order valence-corrected chi connectivity index (χ2v) is 9.77. The molecule has 0 spiro atoms. The van der Waals surface area contributed by atoms with Gasteiger partial charge >= 0.3 is 0 Å². The largest absolute Gasteiger partial charge is 0.508 e. The summed E-state index contributed by atoms with van der Waals surface area (Å²) < 4.78 is 0. The SMILES string of the molecule is Oc1ccc(-c2ccc(-c3nn[nH]n3)cc2Cl)cc1C12CC3CC(CC(C3)C1)C2. The van der Waals surface area contributed by atoms with Gasteiger partial charge < -0.3 is 5.11 Å². The molecule has 29 heavy (non-hydrogen) atoms. The molecule has 7 rings (SSSR count). The summed E-state index contributed by atoms with van der Waals surface area (Å²) in [5.74, 6) is 3.47. The van der Waals surface area contributed by atoms with Crippen LogP contribution in [0.4, 0.5) is 0 Å². The summed E-state index contributed by atoms with van der Waals surface area (Å²) in [7, 11) is 0. The highest BCUT2D eigenvalue weighted by atomic mass is 35.5. The number of aromatic amines is 1. The van der Waals surface area contributed by atoms with Gasteiger partial charge in [0.05, 0.1) is 0 Å². The van der Waals surface area contributed by atoms with Crippen molar-refractivity contribution in [2.24, 2.45) is 17.8 Å². The molecule has 0 unspecified atom stereocenters. The maximum Gasteiger partial charge on any atom is 0.204 e. The van der Waals surface area contributed by atoms with Crippen LogP contribution in [0.5, 0.6) is 5.75 Å². The number of hydrogen-bond acceptors (Lipinski definition) is 4. The Bertz CT molecular complexity index is 1040. The van der Waals surface area contributed by atoms with E-state index in [0.29, 0.717) is 16.6 Å². The zero-order valence-electron chi connectivity index (χ0n) is 16.1. The number of rotatable bonds is 3. The Hall–Kier alpha value is -2.40. The maximum absolute atomic E-state index is 10.8. The van der Waals surface area contributed by atoms with E-state index in [9.17, 15) is 5.11 Å². The number of nitrogens with zero attached hydrogens (tertiary/aromatic N) is 3. The maximum atomic E-state index is 10.8. The van der Waals surface area contributed by atoms with Crippen LogP contribution in [-0.4, -0.2) is 25.7 Å². The fourth-order valence-electron chi connectivity index (χ4n) is 6.74. The molecule has 1 heterocycles. The van der Waals surface area contributed by atoms with E-state index in [1.807, 2.05) is 30.3 Å². The number of phenols is 1. The van der Waals surface area contributed by atoms with Gasteiger partial charge in [0.1, 0.15) is 5.75 Å². The molecule has 4 saturated carbocycles. The van der Waals surface area contributed by atoms with Gasteiger partial charge in [-0.25, -0.2) is 0 Å². The predicted molar refractivity (Wildman–Crippen MR) is 112 cm³/mol. The van der Waals surface area contributed by atoms with Crippen LogP contribution in [0.3, 0.4) is 0 Å². The van der Waals surface area contributed by atoms with Crippen molar-refractivity contribution < 1.29 is 5.11 Å². The number of phenolic OH excluding ortho intramolecular Hbond substituents is 1. The van der Waals surface area contributed by atoms with Crippen molar-refractivity contribution in [3.8, 4) is 28.3 Å². The molecule has 0 aliphatic heterocycles. The summed E-state index contributed by atoms with van der Waals surface area (Å²) in [4.78, 5) is 0. The van der Waals surface area contributed by atoms with Crippen molar-refractivity contribution in [3.63, 3.8) is 0 Å². The molecule has 6 heteroatoms. The first-order valence-electron chi connectivity index (χ1n) is 10.5. The third kappa shape index (κ3) is 2.78. The molecule has 4 aliphatic rings. The molecular weight excluding hydrogens is 384 g/mol. The van der Waals surface area contributed by atoms with Crippen LogP contribution in [-0.2, 0) is 5.41 Å². The molecule has 148 valence electrons. The Labute approximate surface area is 174 Å². The minimum atomic E-state index is 0.145. The van der Waals surface area contributed by atoms with Crippen LogP contribution in [0, 0.1) is 17.8 Å². The molecule has 2 aromatic carbocycles. The van der Waals surface area contributed by atoms with E-state index >= 15 is 0 Å². The van der Waals surface area contributed by atoms with Crippen molar-refractivity contribution in [1.82, 2.24) is 20.6 Å². The zero-order valence-corrected chi connectivity index (χ0v) is 16.9. The summed E-state index contributed by atoms with van der Waals surface area (Å²) in [5.41, 5.74) is 4.12. The van der Waals surface area contributed by atoms with Crippen LogP contribution in [0.2, 0.25) is 5.02 Å². The topological polar surface area (TPSA) is 74.7 Å². The molecule has 2 N–H and O–H groups in total. The highest BCUT2D eigenvalue weighted by molar-refractivity contribution is 6.33. The molecule has 0 amide bonds. The van der Waals surface area contributed by atoms with Crippen molar-refractivity contribution >= 4 is 11.6 Å². The first-order valence-corrected chi connectivity index (χ1v) is 10.8. The molecule has 4 aliphatic carbocycles. The van der Waals surface area contributed by atoms with E-state index in [-0.39, 0.29) is 5.41 Å². The molecule has 3 aromatic rings. The van der Waals surface area contributed by atoms with Gasteiger partial charge in [-0.2, -0.15) is 5.21 Å². The molecule has 0 saturated heterocycles. The Balaban J connectivity index is 1.40. The van der Waals surface area contributed by atoms with Crippen molar-refractivity contribution in [3.05, 3.63) is 47.0 Å². The van der Waals surface area contributed by atoms with Gasteiger partial charge in [0, 0.05) is 21.7 Å². The second kappa shape index (κ2) is 6.30. The Kier molecular flexibility index (Phi) is 3.79. The average molecular weight is 407 g/mol. The van der Waals surface area contributed by atoms with Gasteiger partial charge in [-0.1, -0.05) is 29.8 Å². The standard InChI is InChI=1S/C23H23ClN4O/c24-20-9-17(22-25-27-28-26-22)1-3-18(20)16-2-4-21(29)19(8-16)23-10-13-5-14(11-23)7-15(6-13)12-23/h1-4,8-9,13-15,29H,5-7,10-12H2,(H,25,26,27,28). The minimum absolute atomic E-state index is 0.145. The lowest BCUT2D eigenvalue weighted by Crippen LogP contribution is -2.48.